The SMILES string of the molecule is COc1ccc(Cl)c(N2C(=O)CC(=O)NC2=O)c1. The topological polar surface area (TPSA) is 75.7 Å². The maximum Gasteiger partial charge on any atom is 0.335 e. The van der Waals surface area contributed by atoms with Crippen LogP contribution in [0, 0.1) is 0 Å². The summed E-state index contributed by atoms with van der Waals surface area (Å²) in [5, 5.41) is 2.27. The van der Waals surface area contributed by atoms with Crippen molar-refractivity contribution in [1.82, 2.24) is 5.32 Å². The van der Waals surface area contributed by atoms with E-state index in [4.69, 9.17) is 16.3 Å². The number of carbonyl (C=O) groups is 3. The molecule has 1 fully saturated rings. The Morgan fingerprint density at radius 3 is 2.67 bits per heavy atom. The van der Waals surface area contributed by atoms with Gasteiger partial charge >= 0.3 is 6.03 Å². The van der Waals surface area contributed by atoms with Crippen molar-refractivity contribution in [2.45, 2.75) is 6.42 Å². The number of hydrogen-bond donors (Lipinski definition) is 1. The molecule has 0 atom stereocenters. The molecule has 1 saturated heterocycles. The second kappa shape index (κ2) is 4.66. The molecule has 1 heterocycles. The number of ether oxygens (including phenoxy) is 1. The average Bonchev–Trinajstić information content (AvgIpc) is 2.30. The highest BCUT2D eigenvalue weighted by Crippen LogP contribution is 2.31. The first kappa shape index (κ1) is 12.4. The summed E-state index contributed by atoms with van der Waals surface area (Å²) in [6, 6.07) is 3.75. The van der Waals surface area contributed by atoms with Crippen LogP contribution in [0.15, 0.2) is 18.2 Å². The smallest absolute Gasteiger partial charge is 0.335 e. The quantitative estimate of drug-likeness (QED) is 0.821. The largest absolute Gasteiger partial charge is 0.497 e. The van der Waals surface area contributed by atoms with E-state index in [0.717, 1.165) is 4.90 Å². The molecule has 1 aliphatic heterocycles. The van der Waals surface area contributed by atoms with Crippen molar-refractivity contribution in [1.29, 1.82) is 0 Å². The van der Waals surface area contributed by atoms with Gasteiger partial charge in [-0.15, -0.1) is 0 Å². The Labute approximate surface area is 107 Å². The standard InChI is InChI=1S/C11H9ClN2O4/c1-18-6-2-3-7(12)8(4-6)14-10(16)5-9(15)13-11(14)17/h2-4H,5H2,1H3,(H,13,15,17). The van der Waals surface area contributed by atoms with Crippen LogP contribution in [0.2, 0.25) is 5.02 Å². The van der Waals surface area contributed by atoms with Crippen LogP contribution in [0.25, 0.3) is 0 Å². The second-order valence-corrected chi connectivity index (χ2v) is 3.98. The van der Waals surface area contributed by atoms with Gasteiger partial charge in [-0.1, -0.05) is 11.6 Å². The van der Waals surface area contributed by atoms with E-state index >= 15 is 0 Å². The summed E-state index contributed by atoms with van der Waals surface area (Å²) in [6.07, 6.45) is -0.390. The first-order chi connectivity index (χ1) is 8.52. The van der Waals surface area contributed by atoms with Crippen molar-refractivity contribution < 1.29 is 19.1 Å². The Morgan fingerprint density at radius 1 is 1.33 bits per heavy atom. The van der Waals surface area contributed by atoms with E-state index in [1.54, 1.807) is 6.07 Å². The zero-order valence-corrected chi connectivity index (χ0v) is 10.2. The minimum atomic E-state index is -0.814. The van der Waals surface area contributed by atoms with Crippen LogP contribution >= 0.6 is 11.6 Å². The fourth-order valence-electron chi connectivity index (χ4n) is 1.58. The van der Waals surface area contributed by atoms with Crippen molar-refractivity contribution in [3.8, 4) is 5.75 Å². The van der Waals surface area contributed by atoms with Crippen molar-refractivity contribution in [2.75, 3.05) is 12.0 Å². The van der Waals surface area contributed by atoms with Crippen LogP contribution in [0.1, 0.15) is 6.42 Å². The van der Waals surface area contributed by atoms with E-state index < -0.39 is 17.8 Å². The summed E-state index contributed by atoms with van der Waals surface area (Å²) in [5.74, 6) is -0.800. The van der Waals surface area contributed by atoms with Gasteiger partial charge in [0.1, 0.15) is 12.2 Å². The van der Waals surface area contributed by atoms with Crippen molar-refractivity contribution >= 4 is 35.1 Å². The maximum atomic E-state index is 11.7. The summed E-state index contributed by atoms with van der Waals surface area (Å²) in [6.45, 7) is 0. The van der Waals surface area contributed by atoms with Crippen LogP contribution in [0.5, 0.6) is 5.75 Å². The predicted octanol–water partition coefficient (Wildman–Crippen LogP) is 1.32. The van der Waals surface area contributed by atoms with Gasteiger partial charge in [-0.2, -0.15) is 0 Å². The normalized spacial score (nSPS) is 15.7. The van der Waals surface area contributed by atoms with Gasteiger partial charge in [-0.3, -0.25) is 14.9 Å². The third-order valence-corrected chi connectivity index (χ3v) is 2.72. The van der Waals surface area contributed by atoms with Gasteiger partial charge < -0.3 is 4.74 Å². The van der Waals surface area contributed by atoms with Gasteiger partial charge in [0.2, 0.25) is 11.8 Å². The van der Waals surface area contributed by atoms with E-state index in [9.17, 15) is 14.4 Å². The number of nitrogens with zero attached hydrogens (tertiary/aromatic N) is 1. The minimum absolute atomic E-state index is 0.186. The van der Waals surface area contributed by atoms with Crippen LogP contribution in [0.4, 0.5) is 10.5 Å². The number of urea groups is 1. The monoisotopic (exact) mass is 268 g/mol. The number of rotatable bonds is 2. The van der Waals surface area contributed by atoms with Crippen molar-refractivity contribution in [3.63, 3.8) is 0 Å². The Kier molecular flexibility index (Phi) is 3.20. The molecule has 1 aromatic carbocycles. The van der Waals surface area contributed by atoms with Gasteiger partial charge in [0.25, 0.3) is 0 Å². The summed E-state index contributed by atoms with van der Waals surface area (Å²) in [4.78, 5) is 35.2. The summed E-state index contributed by atoms with van der Waals surface area (Å²) < 4.78 is 5.00. The van der Waals surface area contributed by atoms with E-state index in [2.05, 4.69) is 5.32 Å². The Bertz CT molecular complexity index is 524. The number of hydrogen-bond acceptors (Lipinski definition) is 4. The molecule has 0 spiro atoms. The first-order valence-electron chi connectivity index (χ1n) is 5.03. The molecule has 7 heteroatoms. The number of methoxy groups -OCH3 is 1. The van der Waals surface area contributed by atoms with E-state index in [1.165, 1.54) is 19.2 Å². The number of barbiturate groups is 1. The minimum Gasteiger partial charge on any atom is -0.497 e. The van der Waals surface area contributed by atoms with Gasteiger partial charge in [0, 0.05) is 6.07 Å². The van der Waals surface area contributed by atoms with E-state index in [1.807, 2.05) is 0 Å². The van der Waals surface area contributed by atoms with E-state index in [-0.39, 0.29) is 17.1 Å². The average molecular weight is 269 g/mol. The number of halogens is 1. The highest BCUT2D eigenvalue weighted by Gasteiger charge is 2.33. The molecule has 0 aromatic heterocycles. The zero-order chi connectivity index (χ0) is 13.3. The highest BCUT2D eigenvalue weighted by molar-refractivity contribution is 6.36. The number of carbonyl (C=O) groups excluding carboxylic acids is 3. The summed E-state index contributed by atoms with van der Waals surface area (Å²) in [5.41, 5.74) is 0.186. The Balaban J connectivity index is 2.44. The molecular formula is C11H9ClN2O4. The van der Waals surface area contributed by atoms with Gasteiger partial charge in [-0.05, 0) is 12.1 Å². The lowest BCUT2D eigenvalue weighted by molar-refractivity contribution is -0.128. The molecule has 0 radical (unpaired) electrons. The van der Waals surface area contributed by atoms with Crippen LogP contribution in [-0.4, -0.2) is 25.0 Å². The molecule has 0 bridgehead atoms. The zero-order valence-electron chi connectivity index (χ0n) is 9.40. The third kappa shape index (κ3) is 2.14. The van der Waals surface area contributed by atoms with Crippen LogP contribution in [0.3, 0.4) is 0 Å². The summed E-state index contributed by atoms with van der Waals surface area (Å²) in [7, 11) is 1.45. The second-order valence-electron chi connectivity index (χ2n) is 3.58. The molecule has 18 heavy (non-hydrogen) atoms. The lowest BCUT2D eigenvalue weighted by atomic mass is 10.2. The van der Waals surface area contributed by atoms with Gasteiger partial charge in [0.05, 0.1) is 17.8 Å². The number of imide groups is 2. The Morgan fingerprint density at radius 2 is 2.06 bits per heavy atom. The number of amides is 4. The van der Waals surface area contributed by atoms with Gasteiger partial charge in [-0.25, -0.2) is 9.69 Å². The number of benzene rings is 1. The fraction of sp³-hybridized carbons (Fsp3) is 0.182. The summed E-state index contributed by atoms with van der Waals surface area (Å²) >= 11 is 5.94. The number of nitrogens with one attached hydrogen (secondary N) is 1. The molecule has 1 aromatic rings. The lowest BCUT2D eigenvalue weighted by Crippen LogP contribution is -2.53. The van der Waals surface area contributed by atoms with Crippen LogP contribution in [-0.2, 0) is 9.59 Å². The van der Waals surface area contributed by atoms with E-state index in [0.29, 0.717) is 5.75 Å². The lowest BCUT2D eigenvalue weighted by Gasteiger charge is -2.25. The fourth-order valence-corrected chi connectivity index (χ4v) is 1.79. The molecular weight excluding hydrogens is 260 g/mol. The molecule has 2 rings (SSSR count). The molecule has 4 amide bonds. The number of anilines is 1. The molecule has 0 unspecified atom stereocenters. The molecule has 94 valence electrons. The molecule has 1 N–H and O–H groups in total. The molecule has 1 aliphatic rings. The van der Waals surface area contributed by atoms with Crippen molar-refractivity contribution in [2.24, 2.45) is 0 Å². The maximum absolute atomic E-state index is 11.7. The first-order valence-corrected chi connectivity index (χ1v) is 5.41. The highest BCUT2D eigenvalue weighted by atomic mass is 35.5. The Hall–Kier alpha value is -2.08. The van der Waals surface area contributed by atoms with Crippen LogP contribution < -0.4 is 15.0 Å². The van der Waals surface area contributed by atoms with Crippen molar-refractivity contribution in [3.05, 3.63) is 23.2 Å². The third-order valence-electron chi connectivity index (χ3n) is 2.40. The van der Waals surface area contributed by atoms with Gasteiger partial charge in [0.15, 0.2) is 0 Å². The predicted molar refractivity (Wildman–Crippen MR) is 63.6 cm³/mol. The molecule has 0 aliphatic carbocycles. The molecule has 6 nitrogen and oxygen atoms in total. The molecule has 0 saturated carbocycles.